The fourth-order valence-corrected chi connectivity index (χ4v) is 2.84. The van der Waals surface area contributed by atoms with Crippen LogP contribution in [0, 0.1) is 6.92 Å². The van der Waals surface area contributed by atoms with Crippen molar-refractivity contribution in [2.45, 2.75) is 32.4 Å². The SMILES string of the molecule is Cc1ccc2[nH]c(=O)c(CN(C)C(=O)[C@@H]3CCCO3)cc2c1. The molecular weight excluding hydrogens is 280 g/mol. The molecule has 1 aliphatic heterocycles. The molecule has 0 saturated carbocycles. The minimum atomic E-state index is -0.355. The van der Waals surface area contributed by atoms with Crippen LogP contribution in [0.1, 0.15) is 24.0 Å². The monoisotopic (exact) mass is 300 g/mol. The Balaban J connectivity index is 1.84. The highest BCUT2D eigenvalue weighted by Crippen LogP contribution is 2.17. The first-order valence-corrected chi connectivity index (χ1v) is 7.54. The number of nitrogens with one attached hydrogen (secondary N) is 1. The summed E-state index contributed by atoms with van der Waals surface area (Å²) < 4.78 is 5.41. The van der Waals surface area contributed by atoms with Gasteiger partial charge in [0.05, 0.1) is 6.54 Å². The predicted molar refractivity (Wildman–Crippen MR) is 84.8 cm³/mol. The van der Waals surface area contributed by atoms with Crippen molar-refractivity contribution >= 4 is 16.8 Å². The molecule has 22 heavy (non-hydrogen) atoms. The van der Waals surface area contributed by atoms with Crippen molar-refractivity contribution in [3.63, 3.8) is 0 Å². The standard InChI is InChI=1S/C17H20N2O3/c1-11-5-6-14-12(8-11)9-13(16(20)18-14)10-19(2)17(21)15-4-3-7-22-15/h5-6,8-9,15H,3-4,7,10H2,1-2H3,(H,18,20)/t15-/m0/s1. The van der Waals surface area contributed by atoms with Crippen LogP contribution in [0.15, 0.2) is 29.1 Å². The van der Waals surface area contributed by atoms with Crippen molar-refractivity contribution in [3.05, 3.63) is 45.7 Å². The van der Waals surface area contributed by atoms with E-state index in [1.807, 2.05) is 31.2 Å². The molecule has 116 valence electrons. The zero-order valence-corrected chi connectivity index (χ0v) is 12.9. The third kappa shape index (κ3) is 2.90. The van der Waals surface area contributed by atoms with Crippen LogP contribution in [0.3, 0.4) is 0 Å². The van der Waals surface area contributed by atoms with Crippen LogP contribution >= 0.6 is 0 Å². The summed E-state index contributed by atoms with van der Waals surface area (Å²) in [5.74, 6) is -0.0544. The summed E-state index contributed by atoms with van der Waals surface area (Å²) in [6, 6.07) is 7.75. The molecule has 1 aromatic carbocycles. The van der Waals surface area contributed by atoms with Gasteiger partial charge in [0.2, 0.25) is 0 Å². The van der Waals surface area contributed by atoms with E-state index in [0.29, 0.717) is 12.2 Å². The molecule has 0 bridgehead atoms. The third-order valence-corrected chi connectivity index (χ3v) is 4.07. The molecule has 0 radical (unpaired) electrons. The Morgan fingerprint density at radius 2 is 2.23 bits per heavy atom. The Kier molecular flexibility index (Phi) is 3.98. The number of benzene rings is 1. The van der Waals surface area contributed by atoms with Crippen LogP contribution in [0.25, 0.3) is 10.9 Å². The van der Waals surface area contributed by atoms with Crippen molar-refractivity contribution in [1.82, 2.24) is 9.88 Å². The maximum absolute atomic E-state index is 12.3. The highest BCUT2D eigenvalue weighted by molar-refractivity contribution is 5.82. The second-order valence-electron chi connectivity index (χ2n) is 5.91. The van der Waals surface area contributed by atoms with Gasteiger partial charge in [-0.25, -0.2) is 0 Å². The van der Waals surface area contributed by atoms with Gasteiger partial charge in [-0.1, -0.05) is 11.6 Å². The fraction of sp³-hybridized carbons (Fsp3) is 0.412. The number of rotatable bonds is 3. The van der Waals surface area contributed by atoms with E-state index in [-0.39, 0.29) is 24.1 Å². The number of hydrogen-bond donors (Lipinski definition) is 1. The van der Waals surface area contributed by atoms with Gasteiger partial charge in [-0.2, -0.15) is 0 Å². The number of aromatic nitrogens is 1. The molecule has 5 nitrogen and oxygen atoms in total. The average Bonchev–Trinajstić information content (AvgIpc) is 3.02. The number of ether oxygens (including phenoxy) is 1. The van der Waals surface area contributed by atoms with Gasteiger partial charge >= 0.3 is 0 Å². The second-order valence-corrected chi connectivity index (χ2v) is 5.91. The zero-order chi connectivity index (χ0) is 15.7. The molecule has 1 N–H and O–H groups in total. The number of amides is 1. The minimum Gasteiger partial charge on any atom is -0.368 e. The van der Waals surface area contributed by atoms with Gasteiger partial charge in [0, 0.05) is 24.7 Å². The van der Waals surface area contributed by atoms with Gasteiger partial charge < -0.3 is 14.6 Å². The van der Waals surface area contributed by atoms with Crippen LogP contribution in [0.4, 0.5) is 0 Å². The van der Waals surface area contributed by atoms with Crippen molar-refractivity contribution < 1.29 is 9.53 Å². The molecule has 1 saturated heterocycles. The molecule has 2 aromatic rings. The summed E-state index contributed by atoms with van der Waals surface area (Å²) in [6.07, 6.45) is 1.32. The fourth-order valence-electron chi connectivity index (χ4n) is 2.84. The number of carbonyl (C=O) groups is 1. The maximum atomic E-state index is 12.3. The minimum absolute atomic E-state index is 0.0544. The van der Waals surface area contributed by atoms with Gasteiger partial charge in [0.1, 0.15) is 6.10 Å². The van der Waals surface area contributed by atoms with Gasteiger partial charge in [-0.05, 0) is 43.4 Å². The van der Waals surface area contributed by atoms with E-state index in [4.69, 9.17) is 4.74 Å². The van der Waals surface area contributed by atoms with Gasteiger partial charge in [0.15, 0.2) is 0 Å². The molecule has 1 amide bonds. The lowest BCUT2D eigenvalue weighted by Crippen LogP contribution is -2.36. The Hall–Kier alpha value is -2.14. The van der Waals surface area contributed by atoms with Crippen molar-refractivity contribution in [1.29, 1.82) is 0 Å². The Bertz CT molecular complexity index is 760. The highest BCUT2D eigenvalue weighted by atomic mass is 16.5. The molecule has 0 unspecified atom stereocenters. The largest absolute Gasteiger partial charge is 0.368 e. The number of aryl methyl sites for hydroxylation is 1. The molecule has 0 aliphatic carbocycles. The Morgan fingerprint density at radius 3 is 2.95 bits per heavy atom. The van der Waals surface area contributed by atoms with Crippen molar-refractivity contribution in [2.24, 2.45) is 0 Å². The molecule has 1 aliphatic rings. The molecule has 5 heteroatoms. The summed E-state index contributed by atoms with van der Waals surface area (Å²) in [4.78, 5) is 28.9. The molecule has 1 atom stereocenters. The van der Waals surface area contributed by atoms with Crippen molar-refractivity contribution in [3.8, 4) is 0 Å². The predicted octanol–water partition coefficient (Wildman–Crippen LogP) is 1.97. The van der Waals surface area contributed by atoms with E-state index in [0.717, 1.165) is 29.3 Å². The number of pyridine rings is 1. The molecule has 2 heterocycles. The summed E-state index contributed by atoms with van der Waals surface area (Å²) >= 11 is 0. The lowest BCUT2D eigenvalue weighted by molar-refractivity contribution is -0.140. The van der Waals surface area contributed by atoms with E-state index >= 15 is 0 Å². The lowest BCUT2D eigenvalue weighted by atomic mass is 10.1. The normalized spacial score (nSPS) is 17.8. The van der Waals surface area contributed by atoms with Crippen LogP contribution in [-0.2, 0) is 16.1 Å². The smallest absolute Gasteiger partial charge is 0.253 e. The van der Waals surface area contributed by atoms with Gasteiger partial charge in [-0.3, -0.25) is 9.59 Å². The van der Waals surface area contributed by atoms with Crippen LogP contribution in [0.5, 0.6) is 0 Å². The van der Waals surface area contributed by atoms with E-state index in [2.05, 4.69) is 4.98 Å². The average molecular weight is 300 g/mol. The number of likely N-dealkylation sites (N-methyl/N-ethyl adjacent to an activating group) is 1. The number of carbonyl (C=O) groups excluding carboxylic acids is 1. The second kappa shape index (κ2) is 5.93. The van der Waals surface area contributed by atoms with Crippen LogP contribution in [-0.4, -0.2) is 35.5 Å². The number of aromatic amines is 1. The number of fused-ring (bicyclic) bond motifs is 1. The quantitative estimate of drug-likeness (QED) is 0.942. The number of H-pyrrole nitrogens is 1. The Morgan fingerprint density at radius 1 is 1.41 bits per heavy atom. The highest BCUT2D eigenvalue weighted by Gasteiger charge is 2.26. The summed E-state index contributed by atoms with van der Waals surface area (Å²) in [5.41, 5.74) is 2.39. The first kappa shape index (κ1) is 14.8. The zero-order valence-electron chi connectivity index (χ0n) is 12.9. The van der Waals surface area contributed by atoms with E-state index < -0.39 is 0 Å². The van der Waals surface area contributed by atoms with Gasteiger partial charge in [0.25, 0.3) is 11.5 Å². The number of nitrogens with zero attached hydrogens (tertiary/aromatic N) is 1. The van der Waals surface area contributed by atoms with E-state index in [1.54, 1.807) is 11.9 Å². The lowest BCUT2D eigenvalue weighted by Gasteiger charge is -2.20. The van der Waals surface area contributed by atoms with E-state index in [9.17, 15) is 9.59 Å². The van der Waals surface area contributed by atoms with E-state index in [1.165, 1.54) is 0 Å². The summed E-state index contributed by atoms with van der Waals surface area (Å²) in [5, 5.41) is 0.979. The topological polar surface area (TPSA) is 62.4 Å². The molecule has 1 fully saturated rings. The first-order chi connectivity index (χ1) is 10.5. The molecule has 3 rings (SSSR count). The number of hydrogen-bond acceptors (Lipinski definition) is 3. The molecule has 0 spiro atoms. The molecular formula is C17H20N2O3. The summed E-state index contributed by atoms with van der Waals surface area (Å²) in [6.45, 7) is 2.94. The summed E-state index contributed by atoms with van der Waals surface area (Å²) in [7, 11) is 1.71. The van der Waals surface area contributed by atoms with Crippen LogP contribution < -0.4 is 5.56 Å². The first-order valence-electron chi connectivity index (χ1n) is 7.54. The van der Waals surface area contributed by atoms with Crippen LogP contribution in [0.2, 0.25) is 0 Å². The van der Waals surface area contributed by atoms with Crippen molar-refractivity contribution in [2.75, 3.05) is 13.7 Å². The van der Waals surface area contributed by atoms with Gasteiger partial charge in [-0.15, -0.1) is 0 Å². The third-order valence-electron chi connectivity index (χ3n) is 4.07. The maximum Gasteiger partial charge on any atom is 0.253 e. The Labute approximate surface area is 128 Å². The molecule has 1 aromatic heterocycles.